The molecule has 20 heavy (non-hydrogen) atoms. The van der Waals surface area contributed by atoms with E-state index in [0.29, 0.717) is 5.75 Å². The lowest BCUT2D eigenvalue weighted by Crippen LogP contribution is -2.30. The van der Waals surface area contributed by atoms with Crippen LogP contribution in [0.5, 0.6) is 5.75 Å². The number of H-pyrrole nitrogens is 1. The molecule has 0 aliphatic carbocycles. The minimum absolute atomic E-state index is 0.123. The van der Waals surface area contributed by atoms with E-state index < -0.39 is 0 Å². The molecule has 3 heteroatoms. The Labute approximate surface area is 117 Å². The zero-order valence-electron chi connectivity index (χ0n) is 11.1. The maximum atomic E-state index is 9.69. The second-order valence-electron chi connectivity index (χ2n) is 5.29. The van der Waals surface area contributed by atoms with Gasteiger partial charge in [-0.15, -0.1) is 0 Å². The molecule has 100 valence electrons. The summed E-state index contributed by atoms with van der Waals surface area (Å²) in [6, 6.07) is 16.0. The average molecular weight is 264 g/mol. The van der Waals surface area contributed by atoms with E-state index in [1.807, 2.05) is 12.1 Å². The second-order valence-corrected chi connectivity index (χ2v) is 5.29. The molecule has 2 heterocycles. The van der Waals surface area contributed by atoms with Crippen molar-refractivity contribution in [2.45, 2.75) is 12.5 Å². The van der Waals surface area contributed by atoms with Crippen LogP contribution in [-0.4, -0.2) is 16.6 Å². The number of rotatable bonds is 1. The number of hydrogen-bond donors (Lipinski definition) is 3. The normalized spacial score (nSPS) is 18.1. The molecule has 0 saturated heterocycles. The third-order valence-corrected chi connectivity index (χ3v) is 4.06. The predicted octanol–water partition coefficient (Wildman–Crippen LogP) is 3.11. The van der Waals surface area contributed by atoms with E-state index in [0.717, 1.165) is 18.5 Å². The Bertz CT molecular complexity index is 776. The number of fused-ring (bicyclic) bond motifs is 3. The highest BCUT2D eigenvalue weighted by Gasteiger charge is 2.25. The van der Waals surface area contributed by atoms with Crippen molar-refractivity contribution in [3.8, 4) is 5.75 Å². The van der Waals surface area contributed by atoms with E-state index in [1.165, 1.54) is 22.2 Å². The van der Waals surface area contributed by atoms with Crippen LogP contribution in [-0.2, 0) is 6.42 Å². The summed E-state index contributed by atoms with van der Waals surface area (Å²) in [6.07, 6.45) is 1.04. The molecule has 0 bridgehead atoms. The van der Waals surface area contributed by atoms with Gasteiger partial charge in [-0.25, -0.2) is 0 Å². The SMILES string of the molecule is Oc1cccc([C@@H]2NCCc3c2[nH]c2ccccc32)c1. The van der Waals surface area contributed by atoms with Gasteiger partial charge < -0.3 is 15.4 Å². The standard InChI is InChI=1S/C17H16N2O/c20-12-5-3-4-11(10-12)16-17-14(8-9-18-16)13-6-1-2-7-15(13)19-17/h1-7,10,16,18-20H,8-9H2/t16-/m0/s1. The fraction of sp³-hybridized carbons (Fsp3) is 0.176. The van der Waals surface area contributed by atoms with Crippen molar-refractivity contribution in [3.05, 3.63) is 65.4 Å². The van der Waals surface area contributed by atoms with Crippen LogP contribution in [0.1, 0.15) is 22.9 Å². The molecule has 2 aromatic carbocycles. The van der Waals surface area contributed by atoms with Gasteiger partial charge in [-0.05, 0) is 35.7 Å². The van der Waals surface area contributed by atoms with Gasteiger partial charge in [0, 0.05) is 23.1 Å². The van der Waals surface area contributed by atoms with Gasteiger partial charge in [0.25, 0.3) is 0 Å². The van der Waals surface area contributed by atoms with E-state index in [-0.39, 0.29) is 6.04 Å². The van der Waals surface area contributed by atoms with Gasteiger partial charge in [-0.2, -0.15) is 0 Å². The summed E-state index contributed by atoms with van der Waals surface area (Å²) in [4.78, 5) is 3.54. The number of phenolic OH excluding ortho intramolecular Hbond substituents is 1. The molecular weight excluding hydrogens is 248 g/mol. The third kappa shape index (κ3) is 1.71. The topological polar surface area (TPSA) is 48.0 Å². The molecule has 0 amide bonds. The zero-order chi connectivity index (χ0) is 13.5. The van der Waals surface area contributed by atoms with Crippen molar-refractivity contribution >= 4 is 10.9 Å². The first-order chi connectivity index (χ1) is 9.83. The smallest absolute Gasteiger partial charge is 0.115 e. The predicted molar refractivity (Wildman–Crippen MR) is 80.0 cm³/mol. The first-order valence-electron chi connectivity index (χ1n) is 6.95. The van der Waals surface area contributed by atoms with Crippen LogP contribution in [0.3, 0.4) is 0 Å². The van der Waals surface area contributed by atoms with Crippen molar-refractivity contribution in [1.29, 1.82) is 0 Å². The molecule has 0 spiro atoms. The number of phenols is 1. The summed E-state index contributed by atoms with van der Waals surface area (Å²) in [7, 11) is 0. The van der Waals surface area contributed by atoms with Crippen molar-refractivity contribution in [3.63, 3.8) is 0 Å². The molecule has 3 aromatic rings. The number of para-hydroxylation sites is 1. The van der Waals surface area contributed by atoms with Crippen LogP contribution in [0, 0.1) is 0 Å². The average Bonchev–Trinajstić information content (AvgIpc) is 2.86. The van der Waals surface area contributed by atoms with Crippen molar-refractivity contribution in [1.82, 2.24) is 10.3 Å². The molecule has 3 N–H and O–H groups in total. The monoisotopic (exact) mass is 264 g/mol. The fourth-order valence-corrected chi connectivity index (χ4v) is 3.17. The van der Waals surface area contributed by atoms with Crippen LogP contribution in [0.15, 0.2) is 48.5 Å². The largest absolute Gasteiger partial charge is 0.508 e. The first kappa shape index (κ1) is 11.6. The lowest BCUT2D eigenvalue weighted by Gasteiger charge is -2.24. The Morgan fingerprint density at radius 3 is 2.85 bits per heavy atom. The van der Waals surface area contributed by atoms with Crippen molar-refractivity contribution in [2.24, 2.45) is 0 Å². The fourth-order valence-electron chi connectivity index (χ4n) is 3.17. The van der Waals surface area contributed by atoms with Gasteiger partial charge in [-0.3, -0.25) is 0 Å². The summed E-state index contributed by atoms with van der Waals surface area (Å²) < 4.78 is 0. The molecule has 1 aromatic heterocycles. The van der Waals surface area contributed by atoms with Gasteiger partial charge in [0.2, 0.25) is 0 Å². The zero-order valence-corrected chi connectivity index (χ0v) is 11.1. The quantitative estimate of drug-likeness (QED) is 0.632. The molecule has 1 aliphatic heterocycles. The van der Waals surface area contributed by atoms with E-state index in [4.69, 9.17) is 0 Å². The van der Waals surface area contributed by atoms with Gasteiger partial charge in [0.15, 0.2) is 0 Å². The summed E-state index contributed by atoms with van der Waals surface area (Å²) in [6.45, 7) is 0.954. The summed E-state index contributed by atoms with van der Waals surface area (Å²) in [5.74, 6) is 0.313. The van der Waals surface area contributed by atoms with Crippen LogP contribution < -0.4 is 5.32 Å². The lowest BCUT2D eigenvalue weighted by atomic mass is 9.94. The Morgan fingerprint density at radius 2 is 1.95 bits per heavy atom. The Hall–Kier alpha value is -2.26. The third-order valence-electron chi connectivity index (χ3n) is 4.06. The summed E-state index contributed by atoms with van der Waals surface area (Å²) in [5, 5.41) is 14.5. The van der Waals surface area contributed by atoms with Crippen molar-refractivity contribution in [2.75, 3.05) is 6.54 Å². The number of benzene rings is 2. The first-order valence-corrected chi connectivity index (χ1v) is 6.95. The molecule has 0 unspecified atom stereocenters. The molecule has 4 rings (SSSR count). The highest BCUT2D eigenvalue weighted by molar-refractivity contribution is 5.85. The molecule has 0 fully saturated rings. The highest BCUT2D eigenvalue weighted by Crippen LogP contribution is 2.34. The molecular formula is C17H16N2O. The van der Waals surface area contributed by atoms with Gasteiger partial charge in [0.05, 0.1) is 6.04 Å². The molecule has 0 radical (unpaired) electrons. The number of hydrogen-bond acceptors (Lipinski definition) is 2. The Kier molecular flexibility index (Phi) is 2.54. The minimum Gasteiger partial charge on any atom is -0.508 e. The second kappa shape index (κ2) is 4.39. The number of aromatic amines is 1. The van der Waals surface area contributed by atoms with Gasteiger partial charge >= 0.3 is 0 Å². The van der Waals surface area contributed by atoms with E-state index in [2.05, 4.69) is 40.6 Å². The Balaban J connectivity index is 1.90. The van der Waals surface area contributed by atoms with E-state index in [1.54, 1.807) is 6.07 Å². The van der Waals surface area contributed by atoms with Crippen molar-refractivity contribution < 1.29 is 5.11 Å². The number of nitrogens with one attached hydrogen (secondary N) is 2. The molecule has 0 saturated carbocycles. The number of aromatic nitrogens is 1. The Morgan fingerprint density at radius 1 is 1.05 bits per heavy atom. The van der Waals surface area contributed by atoms with Crippen LogP contribution in [0.2, 0.25) is 0 Å². The summed E-state index contributed by atoms with van der Waals surface area (Å²) in [5.41, 5.74) is 4.90. The van der Waals surface area contributed by atoms with Crippen LogP contribution >= 0.6 is 0 Å². The summed E-state index contributed by atoms with van der Waals surface area (Å²) >= 11 is 0. The highest BCUT2D eigenvalue weighted by atomic mass is 16.3. The van der Waals surface area contributed by atoms with E-state index in [9.17, 15) is 5.11 Å². The maximum Gasteiger partial charge on any atom is 0.115 e. The van der Waals surface area contributed by atoms with E-state index >= 15 is 0 Å². The molecule has 1 atom stereocenters. The minimum atomic E-state index is 0.123. The maximum absolute atomic E-state index is 9.69. The number of aromatic hydroxyl groups is 1. The molecule has 1 aliphatic rings. The van der Waals surface area contributed by atoms with Gasteiger partial charge in [0.1, 0.15) is 5.75 Å². The van der Waals surface area contributed by atoms with Crippen LogP contribution in [0.4, 0.5) is 0 Å². The van der Waals surface area contributed by atoms with Crippen LogP contribution in [0.25, 0.3) is 10.9 Å². The van der Waals surface area contributed by atoms with Gasteiger partial charge in [-0.1, -0.05) is 30.3 Å². The molecule has 3 nitrogen and oxygen atoms in total. The lowest BCUT2D eigenvalue weighted by molar-refractivity contribution is 0.472.